The van der Waals surface area contributed by atoms with Gasteiger partial charge in [-0.3, -0.25) is 0 Å². The molecular weight excluding hydrogens is 272 g/mol. The van der Waals surface area contributed by atoms with E-state index in [-0.39, 0.29) is 17.9 Å². The molecule has 1 rings (SSSR count). The highest BCUT2D eigenvalue weighted by Crippen LogP contribution is 2.16. The number of carbonyl (C=O) groups excluding carboxylic acids is 1. The Labute approximate surface area is 112 Å². The van der Waals surface area contributed by atoms with Crippen LogP contribution in [-0.4, -0.2) is 61.1 Å². The van der Waals surface area contributed by atoms with Crippen molar-refractivity contribution in [3.05, 3.63) is 12.7 Å². The molecule has 0 aromatic heterocycles. The zero-order valence-electron chi connectivity index (χ0n) is 10.7. The standard InChI is InChI=1S/C11H18N2O5S/c1-3-4-9(10(14)15)12-11(16)13(2)8-5-6-19(17,18)7-8/h3,8-9H,1,4-7H2,2H3,(H,12,16)(H,14,15). The van der Waals surface area contributed by atoms with Crippen LogP contribution < -0.4 is 5.32 Å². The van der Waals surface area contributed by atoms with Gasteiger partial charge in [0.1, 0.15) is 6.04 Å². The summed E-state index contributed by atoms with van der Waals surface area (Å²) in [6, 6.07) is -2.04. The molecule has 1 fully saturated rings. The van der Waals surface area contributed by atoms with Crippen molar-refractivity contribution >= 4 is 21.8 Å². The molecular formula is C11H18N2O5S. The summed E-state index contributed by atoms with van der Waals surface area (Å²) in [5.41, 5.74) is 0. The normalized spacial score (nSPS) is 22.5. The Bertz CT molecular complexity index is 473. The SMILES string of the molecule is C=CCC(NC(=O)N(C)C1CCS(=O)(=O)C1)C(=O)O. The molecule has 0 radical (unpaired) electrons. The molecule has 2 atom stereocenters. The largest absolute Gasteiger partial charge is 0.480 e. The first kappa shape index (κ1) is 15.5. The van der Waals surface area contributed by atoms with Gasteiger partial charge in [-0.05, 0) is 12.8 Å². The minimum absolute atomic E-state index is 0.0598. The summed E-state index contributed by atoms with van der Waals surface area (Å²) in [5, 5.41) is 11.2. The number of amides is 2. The van der Waals surface area contributed by atoms with E-state index in [9.17, 15) is 18.0 Å². The lowest BCUT2D eigenvalue weighted by Crippen LogP contribution is -2.49. The molecule has 2 N–H and O–H groups in total. The van der Waals surface area contributed by atoms with Crippen molar-refractivity contribution in [2.75, 3.05) is 18.6 Å². The maximum absolute atomic E-state index is 11.9. The number of sulfone groups is 1. The Morgan fingerprint density at radius 2 is 2.21 bits per heavy atom. The first-order valence-corrected chi connectivity index (χ1v) is 7.66. The van der Waals surface area contributed by atoms with Gasteiger partial charge in [-0.2, -0.15) is 0 Å². The Hall–Kier alpha value is -1.57. The van der Waals surface area contributed by atoms with Crippen molar-refractivity contribution in [1.29, 1.82) is 0 Å². The number of nitrogens with zero attached hydrogens (tertiary/aromatic N) is 1. The van der Waals surface area contributed by atoms with E-state index in [2.05, 4.69) is 11.9 Å². The molecule has 0 aliphatic carbocycles. The fourth-order valence-electron chi connectivity index (χ4n) is 1.89. The van der Waals surface area contributed by atoms with Crippen LogP contribution in [0, 0.1) is 0 Å². The van der Waals surface area contributed by atoms with Crippen LogP contribution in [0.2, 0.25) is 0 Å². The number of aliphatic carboxylic acids is 1. The zero-order valence-corrected chi connectivity index (χ0v) is 11.5. The summed E-state index contributed by atoms with van der Waals surface area (Å²) in [6.45, 7) is 3.42. The molecule has 1 aliphatic rings. The lowest BCUT2D eigenvalue weighted by atomic mass is 10.2. The molecule has 19 heavy (non-hydrogen) atoms. The lowest BCUT2D eigenvalue weighted by molar-refractivity contribution is -0.139. The second-order valence-electron chi connectivity index (χ2n) is 4.53. The summed E-state index contributed by atoms with van der Waals surface area (Å²) < 4.78 is 22.7. The van der Waals surface area contributed by atoms with E-state index >= 15 is 0 Å². The van der Waals surface area contributed by atoms with Crippen molar-refractivity contribution in [3.8, 4) is 0 Å². The van der Waals surface area contributed by atoms with Gasteiger partial charge in [0, 0.05) is 13.1 Å². The maximum atomic E-state index is 11.9. The number of carboxylic acid groups (broad SMARTS) is 1. The third kappa shape index (κ3) is 4.23. The van der Waals surface area contributed by atoms with Crippen LogP contribution in [0.4, 0.5) is 4.79 Å². The van der Waals surface area contributed by atoms with E-state index in [0.29, 0.717) is 6.42 Å². The van der Waals surface area contributed by atoms with Crippen molar-refractivity contribution < 1.29 is 23.1 Å². The number of rotatable bonds is 5. The van der Waals surface area contributed by atoms with Crippen molar-refractivity contribution in [1.82, 2.24) is 10.2 Å². The highest BCUT2D eigenvalue weighted by atomic mass is 32.2. The summed E-state index contributed by atoms with van der Waals surface area (Å²) in [5.74, 6) is -1.17. The van der Waals surface area contributed by atoms with E-state index in [1.165, 1.54) is 18.0 Å². The molecule has 108 valence electrons. The van der Waals surface area contributed by atoms with Crippen molar-refractivity contribution in [3.63, 3.8) is 0 Å². The van der Waals surface area contributed by atoms with Crippen LogP contribution in [-0.2, 0) is 14.6 Å². The third-order valence-electron chi connectivity index (χ3n) is 3.07. The predicted molar refractivity (Wildman–Crippen MR) is 69.6 cm³/mol. The van der Waals surface area contributed by atoms with Gasteiger partial charge in [0.05, 0.1) is 11.5 Å². The second-order valence-corrected chi connectivity index (χ2v) is 6.76. The first-order valence-electron chi connectivity index (χ1n) is 5.84. The van der Waals surface area contributed by atoms with Crippen LogP contribution in [0.25, 0.3) is 0 Å². The van der Waals surface area contributed by atoms with Crippen molar-refractivity contribution in [2.45, 2.75) is 24.9 Å². The van der Waals surface area contributed by atoms with Crippen LogP contribution in [0.15, 0.2) is 12.7 Å². The minimum atomic E-state index is -3.08. The van der Waals surface area contributed by atoms with Gasteiger partial charge in [-0.15, -0.1) is 6.58 Å². The van der Waals surface area contributed by atoms with Gasteiger partial charge < -0.3 is 15.3 Å². The monoisotopic (exact) mass is 290 g/mol. The van der Waals surface area contributed by atoms with Crippen LogP contribution in [0.3, 0.4) is 0 Å². The van der Waals surface area contributed by atoms with Gasteiger partial charge in [0.25, 0.3) is 0 Å². The average Bonchev–Trinajstić information content (AvgIpc) is 2.67. The van der Waals surface area contributed by atoms with Crippen LogP contribution >= 0.6 is 0 Å². The molecule has 2 amide bonds. The Morgan fingerprint density at radius 3 is 2.63 bits per heavy atom. The van der Waals surface area contributed by atoms with E-state index in [0.717, 1.165) is 0 Å². The highest BCUT2D eigenvalue weighted by Gasteiger charge is 2.33. The van der Waals surface area contributed by atoms with Gasteiger partial charge >= 0.3 is 12.0 Å². The minimum Gasteiger partial charge on any atom is -0.480 e. The predicted octanol–water partition coefficient (Wildman–Crippen LogP) is -0.156. The number of hydrogen-bond donors (Lipinski definition) is 2. The fourth-order valence-corrected chi connectivity index (χ4v) is 3.66. The Morgan fingerprint density at radius 1 is 1.58 bits per heavy atom. The molecule has 7 nitrogen and oxygen atoms in total. The summed E-state index contributed by atoms with van der Waals surface area (Å²) in [6.07, 6.45) is 1.89. The first-order chi connectivity index (χ1) is 8.76. The lowest BCUT2D eigenvalue weighted by Gasteiger charge is -2.25. The van der Waals surface area contributed by atoms with E-state index in [4.69, 9.17) is 5.11 Å². The van der Waals surface area contributed by atoms with E-state index < -0.39 is 33.9 Å². The second kappa shape index (κ2) is 6.05. The molecule has 8 heteroatoms. The number of carboxylic acids is 1. The molecule has 2 unspecified atom stereocenters. The molecule has 0 aromatic rings. The molecule has 1 saturated heterocycles. The van der Waals surface area contributed by atoms with Gasteiger partial charge in [-0.1, -0.05) is 6.08 Å². The molecule has 1 aliphatic heterocycles. The van der Waals surface area contributed by atoms with E-state index in [1.54, 1.807) is 0 Å². The van der Waals surface area contributed by atoms with Gasteiger partial charge in [0.15, 0.2) is 9.84 Å². The number of carbonyl (C=O) groups is 2. The zero-order chi connectivity index (χ0) is 14.6. The summed E-state index contributed by atoms with van der Waals surface area (Å²) in [4.78, 5) is 24.0. The molecule has 1 heterocycles. The van der Waals surface area contributed by atoms with Gasteiger partial charge in [-0.25, -0.2) is 18.0 Å². The quantitative estimate of drug-likeness (QED) is 0.685. The Kier molecular flexibility index (Phi) is 4.93. The van der Waals surface area contributed by atoms with Crippen LogP contribution in [0.5, 0.6) is 0 Å². The third-order valence-corrected chi connectivity index (χ3v) is 4.82. The van der Waals surface area contributed by atoms with Crippen LogP contribution in [0.1, 0.15) is 12.8 Å². The molecule has 0 spiro atoms. The maximum Gasteiger partial charge on any atom is 0.326 e. The number of hydrogen-bond acceptors (Lipinski definition) is 4. The average molecular weight is 290 g/mol. The number of urea groups is 1. The fraction of sp³-hybridized carbons (Fsp3) is 0.636. The molecule has 0 saturated carbocycles. The van der Waals surface area contributed by atoms with E-state index in [1.807, 2.05) is 0 Å². The highest BCUT2D eigenvalue weighted by molar-refractivity contribution is 7.91. The number of nitrogens with one attached hydrogen (secondary N) is 1. The topological polar surface area (TPSA) is 104 Å². The Balaban J connectivity index is 2.62. The molecule has 0 aromatic carbocycles. The molecule has 0 bridgehead atoms. The summed E-state index contributed by atoms with van der Waals surface area (Å²) >= 11 is 0. The van der Waals surface area contributed by atoms with Crippen molar-refractivity contribution in [2.24, 2.45) is 0 Å². The summed E-state index contributed by atoms with van der Waals surface area (Å²) in [7, 11) is -1.62. The smallest absolute Gasteiger partial charge is 0.326 e. The van der Waals surface area contributed by atoms with Gasteiger partial charge in [0.2, 0.25) is 0 Å².